The first-order valence-corrected chi connectivity index (χ1v) is 13.8. The monoisotopic (exact) mass is 584 g/mol. The number of phosphoric acid groups is 1. The van der Waals surface area contributed by atoms with Gasteiger partial charge in [0.1, 0.15) is 24.0 Å². The third-order valence-electron chi connectivity index (χ3n) is 5.64. The molecule has 212 valence electrons. The molecule has 4 rings (SSSR count). The van der Waals surface area contributed by atoms with Crippen LogP contribution in [-0.4, -0.2) is 65.9 Å². The molecule has 1 aliphatic rings. The molecule has 0 amide bonds. The number of nitrogens with two attached hydrogens (primary N) is 1. The van der Waals surface area contributed by atoms with Crippen LogP contribution in [0.25, 0.3) is 11.2 Å². The van der Waals surface area contributed by atoms with Gasteiger partial charge in [-0.1, -0.05) is 18.2 Å². The summed E-state index contributed by atoms with van der Waals surface area (Å²) in [5.74, 6) is -0.999. The Balaban J connectivity index is 1.48. The average Bonchev–Trinajstić information content (AvgIpc) is 3.45. The van der Waals surface area contributed by atoms with Crippen LogP contribution in [0.3, 0.4) is 0 Å². The summed E-state index contributed by atoms with van der Waals surface area (Å²) < 4.78 is 30.4. The van der Waals surface area contributed by atoms with Gasteiger partial charge in [-0.2, -0.15) is 9.97 Å². The summed E-state index contributed by atoms with van der Waals surface area (Å²) in [6.45, 7) is 6.31. The number of nitrogen functional groups attached to an aromatic ring is 1. The van der Waals surface area contributed by atoms with Gasteiger partial charge in [0, 0.05) is 6.42 Å². The molecule has 1 fully saturated rings. The van der Waals surface area contributed by atoms with Crippen LogP contribution < -0.4 is 10.8 Å². The van der Waals surface area contributed by atoms with E-state index in [9.17, 15) is 19.4 Å². The molecule has 1 saturated heterocycles. The van der Waals surface area contributed by atoms with Crippen molar-refractivity contribution in [1.82, 2.24) is 19.5 Å². The lowest BCUT2D eigenvalue weighted by molar-refractivity contribution is -0.141. The van der Waals surface area contributed by atoms with Gasteiger partial charge < -0.3 is 20.1 Å². The molecule has 39 heavy (non-hydrogen) atoms. The molecule has 1 unspecified atom stereocenters. The maximum atomic E-state index is 13.0. The van der Waals surface area contributed by atoms with Gasteiger partial charge >= 0.3 is 13.8 Å². The van der Waals surface area contributed by atoms with Crippen LogP contribution in [0.15, 0.2) is 36.7 Å². The average molecular weight is 585 g/mol. The van der Waals surface area contributed by atoms with Crippen LogP contribution >= 0.6 is 19.4 Å². The van der Waals surface area contributed by atoms with Gasteiger partial charge in [0.25, 0.3) is 0 Å². The Kier molecular flexibility index (Phi) is 8.47. The second-order valence-corrected chi connectivity index (χ2v) is 11.5. The first-order chi connectivity index (χ1) is 18.3. The Morgan fingerprint density at radius 3 is 2.67 bits per heavy atom. The number of benzene rings is 1. The Morgan fingerprint density at radius 2 is 2.03 bits per heavy atom. The fourth-order valence-electron chi connectivity index (χ4n) is 3.97. The number of carbonyl (C=O) groups is 1. The molecule has 16 heteroatoms. The fourth-order valence-corrected chi connectivity index (χ4v) is 5.13. The molecule has 0 bridgehead atoms. The van der Waals surface area contributed by atoms with E-state index in [0.29, 0.717) is 5.69 Å². The topological polar surface area (TPSA) is 184 Å². The van der Waals surface area contributed by atoms with E-state index in [-0.39, 0.29) is 28.7 Å². The Bertz CT molecular complexity index is 1370. The van der Waals surface area contributed by atoms with E-state index in [1.807, 2.05) is 0 Å². The number of halogens is 1. The number of phosphoric ester groups is 1. The zero-order chi connectivity index (χ0) is 28.5. The number of fused-ring (bicyclic) bond motifs is 1. The number of aliphatic hydroxyl groups excluding tert-OH is 1. The Hall–Kier alpha value is -2.84. The van der Waals surface area contributed by atoms with Gasteiger partial charge in [-0.25, -0.2) is 19.4 Å². The van der Waals surface area contributed by atoms with Gasteiger partial charge in [-0.15, -0.1) is 0 Å². The zero-order valence-corrected chi connectivity index (χ0v) is 23.3. The van der Waals surface area contributed by atoms with E-state index >= 15 is 0 Å². The van der Waals surface area contributed by atoms with Crippen molar-refractivity contribution in [2.24, 2.45) is 0 Å². The minimum Gasteiger partial charge on any atom is -0.394 e. The lowest BCUT2D eigenvalue weighted by atomic mass is 10.2. The molecule has 2 aromatic heterocycles. The van der Waals surface area contributed by atoms with Crippen molar-refractivity contribution in [3.05, 3.63) is 41.9 Å². The normalized spacial score (nSPS) is 22.0. The van der Waals surface area contributed by atoms with Gasteiger partial charge in [0.15, 0.2) is 17.5 Å². The number of imidazole rings is 1. The van der Waals surface area contributed by atoms with Crippen molar-refractivity contribution in [2.45, 2.75) is 64.2 Å². The number of aromatic nitrogens is 4. The second-order valence-electron chi connectivity index (χ2n) is 9.81. The highest BCUT2D eigenvalue weighted by atomic mass is 35.5. The largest absolute Gasteiger partial charge is 0.530 e. The lowest BCUT2D eigenvalue weighted by Crippen LogP contribution is -2.44. The number of hydrogen-bond acceptors (Lipinski definition) is 12. The Labute approximate surface area is 229 Å². The molecule has 4 N–H and O–H groups in total. The van der Waals surface area contributed by atoms with E-state index < -0.39 is 50.5 Å². The number of rotatable bonds is 9. The molecular formula is C23H30ClN6O8P. The van der Waals surface area contributed by atoms with Crippen LogP contribution in [-0.2, 0) is 28.0 Å². The maximum Gasteiger partial charge on any atom is 0.530 e. The Morgan fingerprint density at radius 1 is 1.33 bits per heavy atom. The van der Waals surface area contributed by atoms with Crippen molar-refractivity contribution in [3.63, 3.8) is 0 Å². The van der Waals surface area contributed by atoms with Gasteiger partial charge in [0.2, 0.25) is 5.28 Å². The summed E-state index contributed by atoms with van der Waals surface area (Å²) in [7, 11) is -4.97. The summed E-state index contributed by atoms with van der Waals surface area (Å²) in [6.07, 6.45) is -1.59. The van der Waals surface area contributed by atoms with E-state index in [1.165, 1.54) is 22.9 Å². The van der Waals surface area contributed by atoms with E-state index in [2.05, 4.69) is 15.0 Å². The summed E-state index contributed by atoms with van der Waals surface area (Å²) in [5.41, 5.74) is 6.24. The van der Waals surface area contributed by atoms with Gasteiger partial charge in [0.05, 0.1) is 24.2 Å². The minimum absolute atomic E-state index is 0.0147. The number of para-hydroxylation sites is 1. The number of hydroxylamine groups is 1. The minimum atomic E-state index is -4.97. The molecular weight excluding hydrogens is 555 g/mol. The predicted molar refractivity (Wildman–Crippen MR) is 140 cm³/mol. The molecule has 0 saturated carbocycles. The van der Waals surface area contributed by atoms with Crippen LogP contribution in [0.1, 0.15) is 40.3 Å². The number of anilines is 2. The van der Waals surface area contributed by atoms with E-state index in [4.69, 9.17) is 36.0 Å². The highest BCUT2D eigenvalue weighted by molar-refractivity contribution is 7.48. The molecule has 0 spiro atoms. The third-order valence-corrected chi connectivity index (χ3v) is 6.76. The van der Waals surface area contributed by atoms with Crippen LogP contribution in [0.5, 0.6) is 0 Å². The lowest BCUT2D eigenvalue weighted by Gasteiger charge is -2.34. The van der Waals surface area contributed by atoms with E-state index in [0.717, 1.165) is 0 Å². The number of carbonyl (C=O) groups excluding carboxylic acids is 1. The highest BCUT2D eigenvalue weighted by Crippen LogP contribution is 2.49. The number of nitrogens with zero attached hydrogens (tertiary/aromatic N) is 5. The predicted octanol–water partition coefficient (Wildman–Crippen LogP) is 3.00. The summed E-state index contributed by atoms with van der Waals surface area (Å²) in [4.78, 5) is 41.5. The summed E-state index contributed by atoms with van der Waals surface area (Å²) >= 11 is 5.92. The SMILES string of the molecule is C[C@@H](C(=O)OP(=O)(O)O[C@H]1C[C@H](n2cnc3c(N)nc(Cl)nc32)O[C@@H]1CO)N(OC(C)(C)C)c1ccccc1. The first-order valence-electron chi connectivity index (χ1n) is 12.0. The standard InChI is InChI=1S/C23H30ClN6O8P/c1-13(30(38-23(2,3)4)14-8-6-5-7-9-14)21(32)37-39(33,34)36-15-10-17(35-16(15)11-31)29-12-26-18-19(25)27-22(24)28-20(18)29/h5-9,12-13,15-17,31H,10-11H2,1-4H3,(H,33,34)(H2,25,27,28)/t13-,15-,16+,17+/m0/s1. The molecule has 3 aromatic rings. The van der Waals surface area contributed by atoms with Crippen molar-refractivity contribution in [2.75, 3.05) is 17.4 Å². The molecule has 5 atom stereocenters. The van der Waals surface area contributed by atoms with Gasteiger partial charge in [-0.3, -0.25) is 18.8 Å². The molecule has 1 aromatic carbocycles. The number of ether oxygens (including phenoxy) is 1. The third kappa shape index (κ3) is 6.84. The second kappa shape index (κ2) is 11.3. The number of hydrogen-bond donors (Lipinski definition) is 3. The highest BCUT2D eigenvalue weighted by Gasteiger charge is 2.44. The molecule has 1 aliphatic heterocycles. The van der Waals surface area contributed by atoms with E-state index in [1.54, 1.807) is 51.1 Å². The van der Waals surface area contributed by atoms with Crippen molar-refractivity contribution >= 4 is 48.1 Å². The molecule has 0 radical (unpaired) electrons. The quantitative estimate of drug-likeness (QED) is 0.189. The van der Waals surface area contributed by atoms with Gasteiger partial charge in [-0.05, 0) is 51.4 Å². The van der Waals surface area contributed by atoms with Crippen LogP contribution in [0.4, 0.5) is 11.5 Å². The summed E-state index contributed by atoms with van der Waals surface area (Å²) in [5, 5.41) is 11.0. The summed E-state index contributed by atoms with van der Waals surface area (Å²) in [6, 6.07) is 7.64. The van der Waals surface area contributed by atoms with Crippen molar-refractivity contribution < 1.29 is 38.0 Å². The van der Waals surface area contributed by atoms with Crippen LogP contribution in [0.2, 0.25) is 5.28 Å². The van der Waals surface area contributed by atoms with Crippen LogP contribution in [0, 0.1) is 0 Å². The maximum absolute atomic E-state index is 13.0. The molecule has 3 heterocycles. The fraction of sp³-hybridized carbons (Fsp3) is 0.478. The molecule has 0 aliphatic carbocycles. The van der Waals surface area contributed by atoms with Crippen molar-refractivity contribution in [3.8, 4) is 0 Å². The molecule has 14 nitrogen and oxygen atoms in total. The number of aliphatic hydroxyl groups is 1. The smallest absolute Gasteiger partial charge is 0.394 e. The first kappa shape index (κ1) is 29.2. The van der Waals surface area contributed by atoms with Crippen molar-refractivity contribution in [1.29, 1.82) is 0 Å². The zero-order valence-electron chi connectivity index (χ0n) is 21.7.